The minimum atomic E-state index is -1.14. The van der Waals surface area contributed by atoms with Crippen LogP contribution in [0.1, 0.15) is 25.6 Å². The van der Waals surface area contributed by atoms with E-state index in [0.29, 0.717) is 5.00 Å². The van der Waals surface area contributed by atoms with Crippen molar-refractivity contribution in [1.29, 1.82) is 0 Å². The summed E-state index contributed by atoms with van der Waals surface area (Å²) in [6.07, 6.45) is -0.629. The molecule has 1 aromatic heterocycles. The molecule has 9 heteroatoms. The van der Waals surface area contributed by atoms with Gasteiger partial charge in [0.1, 0.15) is 11.6 Å². The molecule has 0 unspecified atom stereocenters. The molecule has 0 aliphatic carbocycles. The zero-order chi connectivity index (χ0) is 16.9. The number of carboxylic acids is 1. The lowest BCUT2D eigenvalue weighted by Gasteiger charge is -2.21. The van der Waals surface area contributed by atoms with Gasteiger partial charge in [0.15, 0.2) is 5.11 Å². The number of aliphatic carboxylic acids is 1. The molecule has 0 aliphatic rings. The lowest BCUT2D eigenvalue weighted by molar-refractivity contribution is -0.139. The predicted molar refractivity (Wildman–Crippen MR) is 89.2 cm³/mol. The summed E-state index contributed by atoms with van der Waals surface area (Å²) in [4.78, 5) is 23.7. The molecule has 0 radical (unpaired) electrons. The van der Waals surface area contributed by atoms with Crippen LogP contribution in [0.15, 0.2) is 12.1 Å². The van der Waals surface area contributed by atoms with E-state index >= 15 is 0 Å². The molecule has 7 nitrogen and oxygen atoms in total. The van der Waals surface area contributed by atoms with Gasteiger partial charge in [0.25, 0.3) is 0 Å². The molecule has 1 atom stereocenters. The predicted octanol–water partition coefficient (Wildman–Crippen LogP) is 1.92. The van der Waals surface area contributed by atoms with E-state index in [9.17, 15) is 14.7 Å². The molecule has 0 aromatic carbocycles. The van der Waals surface area contributed by atoms with Crippen molar-refractivity contribution < 1.29 is 19.4 Å². The second kappa shape index (κ2) is 7.41. The number of thiocarbonyl (C=S) groups is 1. The molecule has 122 valence electrons. The van der Waals surface area contributed by atoms with Crippen molar-refractivity contribution >= 4 is 45.7 Å². The highest BCUT2D eigenvalue weighted by Gasteiger charge is 2.24. The molecule has 1 heterocycles. The Kier molecular flexibility index (Phi) is 6.12. The maximum Gasteiger partial charge on any atom is 0.408 e. The summed E-state index contributed by atoms with van der Waals surface area (Å²) in [6, 6.07) is 2.41. The van der Waals surface area contributed by atoms with E-state index in [-0.39, 0.29) is 11.5 Å². The average molecular weight is 345 g/mol. The topological polar surface area (TPSA) is 114 Å². The number of carbonyl (C=O) groups is 2. The van der Waals surface area contributed by atoms with Crippen LogP contribution >= 0.6 is 23.6 Å². The molecular formula is C13H19N3O4S2. The van der Waals surface area contributed by atoms with E-state index in [1.165, 1.54) is 11.3 Å². The van der Waals surface area contributed by atoms with Crippen LogP contribution in [0.25, 0.3) is 0 Å². The van der Waals surface area contributed by atoms with Crippen LogP contribution in [0.3, 0.4) is 0 Å². The van der Waals surface area contributed by atoms with Crippen molar-refractivity contribution in [3.63, 3.8) is 0 Å². The fourth-order valence-corrected chi connectivity index (χ4v) is 2.67. The zero-order valence-electron chi connectivity index (χ0n) is 12.5. The van der Waals surface area contributed by atoms with E-state index in [1.54, 1.807) is 32.9 Å². The summed E-state index contributed by atoms with van der Waals surface area (Å²) >= 11 is 6.04. The van der Waals surface area contributed by atoms with Gasteiger partial charge in [-0.15, -0.1) is 11.3 Å². The highest BCUT2D eigenvalue weighted by Crippen LogP contribution is 2.23. The molecule has 5 N–H and O–H groups in total. The van der Waals surface area contributed by atoms with Gasteiger partial charge in [-0.3, -0.25) is 0 Å². The van der Waals surface area contributed by atoms with Crippen LogP contribution in [0.4, 0.5) is 9.80 Å². The number of nitrogens with two attached hydrogens (primary N) is 1. The van der Waals surface area contributed by atoms with Gasteiger partial charge in [-0.1, -0.05) is 0 Å². The SMILES string of the molecule is CC(C)(C)OC(=O)N[C@@H](Cc1ccc(NC(N)=S)s1)C(=O)O. The van der Waals surface area contributed by atoms with Crippen molar-refractivity contribution in [3.05, 3.63) is 17.0 Å². The Bertz CT molecular complexity index is 566. The molecule has 1 amide bonds. The van der Waals surface area contributed by atoms with Gasteiger partial charge in [-0.05, 0) is 45.1 Å². The van der Waals surface area contributed by atoms with Crippen LogP contribution < -0.4 is 16.4 Å². The fraction of sp³-hybridized carbons (Fsp3) is 0.462. The molecular weight excluding hydrogens is 326 g/mol. The molecule has 0 bridgehead atoms. The zero-order valence-corrected chi connectivity index (χ0v) is 14.1. The molecule has 1 aromatic rings. The van der Waals surface area contributed by atoms with Crippen LogP contribution in [-0.4, -0.2) is 33.9 Å². The standard InChI is InChI=1S/C13H19N3O4S2/c1-13(2,3)20-12(19)15-8(10(17)18)6-7-4-5-9(22-7)16-11(14)21/h4-5,8H,6H2,1-3H3,(H,15,19)(H,17,18)(H3,14,16,21)/t8-/m0/s1. The summed E-state index contributed by atoms with van der Waals surface area (Å²) in [6.45, 7) is 5.11. The second-order valence-electron chi connectivity index (χ2n) is 5.50. The number of hydrogen-bond acceptors (Lipinski definition) is 5. The number of nitrogens with one attached hydrogen (secondary N) is 2. The van der Waals surface area contributed by atoms with Gasteiger partial charge >= 0.3 is 12.1 Å². The number of carboxylic acid groups (broad SMARTS) is 1. The molecule has 0 fully saturated rings. The highest BCUT2D eigenvalue weighted by molar-refractivity contribution is 7.80. The highest BCUT2D eigenvalue weighted by atomic mass is 32.1. The van der Waals surface area contributed by atoms with E-state index in [0.717, 1.165) is 4.88 Å². The van der Waals surface area contributed by atoms with Gasteiger partial charge in [0.2, 0.25) is 0 Å². The van der Waals surface area contributed by atoms with Gasteiger partial charge in [-0.2, -0.15) is 0 Å². The fourth-order valence-electron chi connectivity index (χ4n) is 1.53. The second-order valence-corrected chi connectivity index (χ2v) is 7.10. The summed E-state index contributed by atoms with van der Waals surface area (Å²) in [5, 5.41) is 15.2. The van der Waals surface area contributed by atoms with E-state index < -0.39 is 23.7 Å². The number of hydrogen-bond donors (Lipinski definition) is 4. The smallest absolute Gasteiger partial charge is 0.408 e. The molecule has 0 aliphatic heterocycles. The first kappa shape index (κ1) is 18.2. The van der Waals surface area contributed by atoms with Crippen LogP contribution in [0.2, 0.25) is 0 Å². The Morgan fingerprint density at radius 2 is 2.09 bits per heavy atom. The van der Waals surface area contributed by atoms with Crippen LogP contribution in [-0.2, 0) is 16.0 Å². The van der Waals surface area contributed by atoms with Gasteiger partial charge in [0, 0.05) is 11.3 Å². The minimum absolute atomic E-state index is 0.134. The number of amides is 1. The van der Waals surface area contributed by atoms with Crippen molar-refractivity contribution in [2.75, 3.05) is 5.32 Å². The van der Waals surface area contributed by atoms with Gasteiger partial charge in [0.05, 0.1) is 5.00 Å². The van der Waals surface area contributed by atoms with E-state index in [1.807, 2.05) is 0 Å². The number of ether oxygens (including phenoxy) is 1. The summed E-state index contributed by atoms with van der Waals surface area (Å²) < 4.78 is 5.06. The molecule has 1 rings (SSSR count). The Hall–Kier alpha value is -1.87. The van der Waals surface area contributed by atoms with Crippen LogP contribution in [0.5, 0.6) is 0 Å². The molecule has 0 saturated heterocycles. The maximum absolute atomic E-state index is 11.7. The number of rotatable bonds is 5. The minimum Gasteiger partial charge on any atom is -0.480 e. The largest absolute Gasteiger partial charge is 0.480 e. The number of carbonyl (C=O) groups excluding carboxylic acids is 1. The lowest BCUT2D eigenvalue weighted by Crippen LogP contribution is -2.44. The third-order valence-corrected chi connectivity index (χ3v) is 3.43. The first-order valence-electron chi connectivity index (χ1n) is 6.44. The third-order valence-electron chi connectivity index (χ3n) is 2.30. The quantitative estimate of drug-likeness (QED) is 0.603. The molecule has 0 spiro atoms. The Balaban J connectivity index is 2.68. The first-order valence-corrected chi connectivity index (χ1v) is 7.67. The van der Waals surface area contributed by atoms with Crippen molar-refractivity contribution in [1.82, 2.24) is 5.32 Å². The third kappa shape index (κ3) is 6.72. The first-order chi connectivity index (χ1) is 10.1. The van der Waals surface area contributed by atoms with E-state index in [2.05, 4.69) is 10.6 Å². The molecule has 0 saturated carbocycles. The summed E-state index contributed by atoms with van der Waals surface area (Å²) in [5.74, 6) is -1.14. The lowest BCUT2D eigenvalue weighted by atomic mass is 10.2. The van der Waals surface area contributed by atoms with Crippen molar-refractivity contribution in [2.24, 2.45) is 5.73 Å². The maximum atomic E-state index is 11.7. The summed E-state index contributed by atoms with van der Waals surface area (Å²) in [5.41, 5.74) is 4.68. The number of thiophene rings is 1. The van der Waals surface area contributed by atoms with Gasteiger partial charge < -0.3 is 26.2 Å². The average Bonchev–Trinajstić information content (AvgIpc) is 2.71. The van der Waals surface area contributed by atoms with Crippen molar-refractivity contribution in [2.45, 2.75) is 38.8 Å². The summed E-state index contributed by atoms with van der Waals surface area (Å²) in [7, 11) is 0. The Morgan fingerprint density at radius 1 is 1.45 bits per heavy atom. The monoisotopic (exact) mass is 345 g/mol. The normalized spacial score (nSPS) is 12.3. The van der Waals surface area contributed by atoms with Gasteiger partial charge in [-0.25, -0.2) is 9.59 Å². The number of alkyl carbamates (subject to hydrolysis) is 1. The van der Waals surface area contributed by atoms with Crippen LogP contribution in [0, 0.1) is 0 Å². The Morgan fingerprint density at radius 3 is 2.59 bits per heavy atom. The van der Waals surface area contributed by atoms with Crippen molar-refractivity contribution in [3.8, 4) is 0 Å². The number of anilines is 1. The van der Waals surface area contributed by atoms with E-state index in [4.69, 9.17) is 22.7 Å². The molecule has 22 heavy (non-hydrogen) atoms. The Labute approximate surface area is 137 Å².